The molecule has 0 radical (unpaired) electrons. The lowest BCUT2D eigenvalue weighted by molar-refractivity contribution is 0.613. The maximum absolute atomic E-state index is 13.3. The zero-order valence-electron chi connectivity index (χ0n) is 8.75. The number of pyridine rings is 1. The molecule has 0 saturated carbocycles. The van der Waals surface area contributed by atoms with Gasteiger partial charge in [0.25, 0.3) is 0 Å². The van der Waals surface area contributed by atoms with Crippen molar-refractivity contribution in [3.05, 3.63) is 58.0 Å². The lowest BCUT2D eigenvalue weighted by Crippen LogP contribution is -2.03. The number of nitrogens with one attached hydrogen (secondary N) is 1. The second-order valence-corrected chi connectivity index (χ2v) is 4.27. The van der Waals surface area contributed by atoms with Crippen molar-refractivity contribution in [3.63, 3.8) is 0 Å². The third-order valence-corrected chi connectivity index (χ3v) is 2.71. The number of benzene rings is 1. The van der Waals surface area contributed by atoms with Gasteiger partial charge in [0, 0.05) is 18.3 Å². The summed E-state index contributed by atoms with van der Waals surface area (Å²) in [6.07, 6.45) is 1.48. The molecule has 0 spiro atoms. The van der Waals surface area contributed by atoms with Crippen LogP contribution in [0.25, 0.3) is 0 Å². The van der Waals surface area contributed by atoms with E-state index in [2.05, 4.69) is 10.3 Å². The van der Waals surface area contributed by atoms with Gasteiger partial charge in [-0.15, -0.1) is 0 Å². The van der Waals surface area contributed by atoms with Gasteiger partial charge < -0.3 is 5.32 Å². The average Bonchev–Trinajstić information content (AvgIpc) is 2.30. The predicted octanol–water partition coefficient (Wildman–Crippen LogP) is 4.14. The molecular formula is C12H9Cl2FN2. The van der Waals surface area contributed by atoms with Gasteiger partial charge in [0.15, 0.2) is 0 Å². The SMILES string of the molecule is Fc1ccccc1CNc1ncc(Cl)cc1Cl. The number of anilines is 1. The van der Waals surface area contributed by atoms with E-state index in [0.717, 1.165) is 0 Å². The van der Waals surface area contributed by atoms with Gasteiger partial charge in [-0.1, -0.05) is 41.4 Å². The Morgan fingerprint density at radius 3 is 2.71 bits per heavy atom. The van der Waals surface area contributed by atoms with Gasteiger partial charge >= 0.3 is 0 Å². The van der Waals surface area contributed by atoms with Crippen molar-refractivity contribution in [1.29, 1.82) is 0 Å². The second kappa shape index (κ2) is 5.34. The molecule has 2 nitrogen and oxygen atoms in total. The Labute approximate surface area is 108 Å². The van der Waals surface area contributed by atoms with Crippen molar-refractivity contribution in [2.45, 2.75) is 6.54 Å². The minimum absolute atomic E-state index is 0.259. The quantitative estimate of drug-likeness (QED) is 0.907. The van der Waals surface area contributed by atoms with Crippen LogP contribution in [0.5, 0.6) is 0 Å². The summed E-state index contributed by atoms with van der Waals surface area (Å²) in [6.45, 7) is 0.320. The molecule has 0 aliphatic rings. The van der Waals surface area contributed by atoms with Gasteiger partial charge in [-0.3, -0.25) is 0 Å². The standard InChI is InChI=1S/C12H9Cl2FN2/c13-9-5-10(14)12(17-7-9)16-6-8-3-1-2-4-11(8)15/h1-5,7H,6H2,(H,16,17). The topological polar surface area (TPSA) is 24.9 Å². The Hall–Kier alpha value is -1.32. The van der Waals surface area contributed by atoms with Crippen LogP contribution in [0.2, 0.25) is 10.0 Å². The molecule has 1 heterocycles. The van der Waals surface area contributed by atoms with Crippen LogP contribution in [0.15, 0.2) is 36.5 Å². The van der Waals surface area contributed by atoms with E-state index in [1.165, 1.54) is 12.3 Å². The molecule has 0 atom stereocenters. The fourth-order valence-corrected chi connectivity index (χ4v) is 1.81. The summed E-state index contributed by atoms with van der Waals surface area (Å²) in [5.41, 5.74) is 0.556. The first-order valence-corrected chi connectivity index (χ1v) is 5.71. The molecule has 17 heavy (non-hydrogen) atoms. The van der Waals surface area contributed by atoms with E-state index in [1.807, 2.05) is 0 Å². The van der Waals surface area contributed by atoms with Crippen LogP contribution in [0, 0.1) is 5.82 Å². The van der Waals surface area contributed by atoms with Crippen molar-refractivity contribution < 1.29 is 4.39 Å². The molecule has 1 aromatic carbocycles. The van der Waals surface area contributed by atoms with Crippen molar-refractivity contribution in [3.8, 4) is 0 Å². The monoisotopic (exact) mass is 270 g/mol. The summed E-state index contributed by atoms with van der Waals surface area (Å²) in [5, 5.41) is 3.83. The number of hydrogen-bond donors (Lipinski definition) is 1. The van der Waals surface area contributed by atoms with E-state index in [4.69, 9.17) is 23.2 Å². The molecule has 2 aromatic rings. The number of nitrogens with zero attached hydrogens (tertiary/aromatic N) is 1. The minimum atomic E-state index is -0.259. The van der Waals surface area contributed by atoms with Crippen LogP contribution in [-0.2, 0) is 6.54 Å². The number of halogens is 3. The molecule has 0 fully saturated rings. The lowest BCUT2D eigenvalue weighted by atomic mass is 10.2. The van der Waals surface area contributed by atoms with Crippen LogP contribution in [0.1, 0.15) is 5.56 Å². The highest BCUT2D eigenvalue weighted by Gasteiger charge is 2.04. The normalized spacial score (nSPS) is 10.3. The molecule has 0 aliphatic carbocycles. The molecule has 0 aliphatic heterocycles. The Kier molecular flexibility index (Phi) is 3.82. The van der Waals surface area contributed by atoms with E-state index in [0.29, 0.717) is 28.0 Å². The molecule has 0 amide bonds. The Bertz CT molecular complexity index is 532. The van der Waals surface area contributed by atoms with Gasteiger partial charge in [-0.2, -0.15) is 0 Å². The Balaban J connectivity index is 2.10. The van der Waals surface area contributed by atoms with Gasteiger partial charge in [-0.05, 0) is 12.1 Å². The highest BCUT2D eigenvalue weighted by Crippen LogP contribution is 2.23. The summed E-state index contributed by atoms with van der Waals surface area (Å²) in [7, 11) is 0. The second-order valence-electron chi connectivity index (χ2n) is 3.43. The summed E-state index contributed by atoms with van der Waals surface area (Å²) in [4.78, 5) is 4.03. The number of aromatic nitrogens is 1. The third-order valence-electron chi connectivity index (χ3n) is 2.21. The van der Waals surface area contributed by atoms with Crippen LogP contribution in [0.4, 0.5) is 10.2 Å². The fourth-order valence-electron chi connectivity index (χ4n) is 1.37. The van der Waals surface area contributed by atoms with E-state index in [-0.39, 0.29) is 5.82 Å². The van der Waals surface area contributed by atoms with Crippen molar-refractivity contribution in [1.82, 2.24) is 4.98 Å². The number of rotatable bonds is 3. The molecule has 2 rings (SSSR count). The predicted molar refractivity (Wildman–Crippen MR) is 68.0 cm³/mol. The first kappa shape index (κ1) is 12.1. The molecule has 1 aromatic heterocycles. The van der Waals surface area contributed by atoms with Gasteiger partial charge in [0.05, 0.1) is 10.0 Å². The minimum Gasteiger partial charge on any atom is -0.365 e. The molecule has 0 bridgehead atoms. The largest absolute Gasteiger partial charge is 0.365 e. The van der Waals surface area contributed by atoms with Crippen LogP contribution in [-0.4, -0.2) is 4.98 Å². The average molecular weight is 271 g/mol. The summed E-state index contributed by atoms with van der Waals surface area (Å²) in [5.74, 6) is 0.226. The van der Waals surface area contributed by atoms with Crippen LogP contribution < -0.4 is 5.32 Å². The van der Waals surface area contributed by atoms with Crippen molar-refractivity contribution >= 4 is 29.0 Å². The Morgan fingerprint density at radius 1 is 1.24 bits per heavy atom. The third kappa shape index (κ3) is 3.08. The summed E-state index contributed by atoms with van der Waals surface area (Å²) in [6, 6.07) is 8.11. The zero-order chi connectivity index (χ0) is 12.3. The molecular weight excluding hydrogens is 262 g/mol. The summed E-state index contributed by atoms with van der Waals surface area (Å²) < 4.78 is 13.3. The molecule has 1 N–H and O–H groups in total. The molecule has 88 valence electrons. The summed E-state index contributed by atoms with van der Waals surface area (Å²) >= 11 is 11.7. The maximum atomic E-state index is 13.3. The highest BCUT2D eigenvalue weighted by atomic mass is 35.5. The highest BCUT2D eigenvalue weighted by molar-refractivity contribution is 6.35. The molecule has 0 saturated heterocycles. The molecule has 0 unspecified atom stereocenters. The molecule has 5 heteroatoms. The maximum Gasteiger partial charge on any atom is 0.145 e. The smallest absolute Gasteiger partial charge is 0.145 e. The van der Waals surface area contributed by atoms with E-state index >= 15 is 0 Å². The zero-order valence-corrected chi connectivity index (χ0v) is 10.3. The Morgan fingerprint density at radius 2 is 2.00 bits per heavy atom. The van der Waals surface area contributed by atoms with Crippen molar-refractivity contribution in [2.75, 3.05) is 5.32 Å². The fraction of sp³-hybridized carbons (Fsp3) is 0.0833. The number of hydrogen-bond acceptors (Lipinski definition) is 2. The first-order chi connectivity index (χ1) is 8.16. The van der Waals surface area contributed by atoms with Crippen LogP contribution >= 0.6 is 23.2 Å². The first-order valence-electron chi connectivity index (χ1n) is 4.95. The van der Waals surface area contributed by atoms with Crippen molar-refractivity contribution in [2.24, 2.45) is 0 Å². The van der Waals surface area contributed by atoms with Crippen LogP contribution in [0.3, 0.4) is 0 Å². The lowest BCUT2D eigenvalue weighted by Gasteiger charge is -2.08. The van der Waals surface area contributed by atoms with Gasteiger partial charge in [-0.25, -0.2) is 9.37 Å². The van der Waals surface area contributed by atoms with E-state index in [1.54, 1.807) is 24.3 Å². The van der Waals surface area contributed by atoms with E-state index < -0.39 is 0 Å². The van der Waals surface area contributed by atoms with Gasteiger partial charge in [0.1, 0.15) is 11.6 Å². The van der Waals surface area contributed by atoms with Gasteiger partial charge in [0.2, 0.25) is 0 Å². The van der Waals surface area contributed by atoms with E-state index in [9.17, 15) is 4.39 Å².